The number of nitrogens with one attached hydrogen (secondary N) is 1. The molecule has 1 saturated heterocycles. The van der Waals surface area contributed by atoms with E-state index in [0.717, 1.165) is 38.5 Å². The summed E-state index contributed by atoms with van der Waals surface area (Å²) in [5, 5.41) is 76.4. The normalized spacial score (nSPS) is 19.2. The summed E-state index contributed by atoms with van der Waals surface area (Å²) in [5.74, 6) is -0.703. The minimum absolute atomic E-state index is 0.249. The Kier molecular flexibility index (Phi) is 56.5. The third-order valence-corrected chi connectivity index (χ3v) is 17.2. The number of ether oxygens (including phenoxy) is 2. The van der Waals surface area contributed by atoms with Crippen molar-refractivity contribution in [2.24, 2.45) is 0 Å². The van der Waals surface area contributed by atoms with Crippen LogP contribution < -0.4 is 5.32 Å². The minimum atomic E-state index is -1.67. The Labute approximate surface area is 499 Å². The molecule has 0 radical (unpaired) electrons. The number of unbranched alkanes of at least 4 members (excludes halogenated alkanes) is 46. The van der Waals surface area contributed by atoms with Crippen LogP contribution in [0, 0.1) is 0 Å². The zero-order valence-corrected chi connectivity index (χ0v) is 53.0. The second-order valence-electron chi connectivity index (χ2n) is 25.0. The molecule has 9 atom stereocenters. The molecule has 1 aliphatic rings. The largest absolute Gasteiger partial charge is 0.394 e. The molecule has 81 heavy (non-hydrogen) atoms. The van der Waals surface area contributed by atoms with Gasteiger partial charge in [-0.15, -0.1) is 0 Å². The molecule has 0 aliphatic carbocycles. The minimum Gasteiger partial charge on any atom is -0.394 e. The monoisotopic (exact) mass is 1150 g/mol. The van der Waals surface area contributed by atoms with Crippen molar-refractivity contribution >= 4 is 5.91 Å². The Hall–Kier alpha value is -1.41. The number of carbonyl (C=O) groups is 1. The predicted octanol–water partition coefficient (Wildman–Crippen LogP) is 16.8. The fraction of sp³-hybridized carbons (Fsp3) is 0.929. The van der Waals surface area contributed by atoms with Gasteiger partial charge in [-0.2, -0.15) is 0 Å². The van der Waals surface area contributed by atoms with Crippen LogP contribution in [-0.4, -0.2) is 110 Å². The maximum absolute atomic E-state index is 13.2. The van der Waals surface area contributed by atoms with Gasteiger partial charge in [0.1, 0.15) is 36.6 Å². The Morgan fingerprint density at radius 3 is 1.10 bits per heavy atom. The van der Waals surface area contributed by atoms with Crippen molar-refractivity contribution < 1.29 is 50.0 Å². The molecular formula is C70H135NO10. The summed E-state index contributed by atoms with van der Waals surface area (Å²) in [6.07, 6.45) is 62.7. The average Bonchev–Trinajstić information content (AvgIpc) is 3.49. The van der Waals surface area contributed by atoms with Crippen LogP contribution >= 0.6 is 0 Å². The lowest BCUT2D eigenvalue weighted by Crippen LogP contribution is -2.60. The van der Waals surface area contributed by atoms with E-state index in [1.54, 1.807) is 0 Å². The molecule has 11 heteroatoms. The first-order chi connectivity index (χ1) is 39.7. The average molecular weight is 1150 g/mol. The number of carbonyl (C=O) groups excluding carboxylic acids is 1. The molecule has 11 nitrogen and oxygen atoms in total. The Morgan fingerprint density at radius 1 is 0.420 bits per heavy atom. The Balaban J connectivity index is 2.20. The SMILES string of the molecule is CCCCCCCCCCCCCCCC/C=C/CC/C=C/CCCC(O)C(O)C(COC1OC(CO)C(O)C(O)C1O)NC(=O)C(O)CCCCCCCCCCCCCCCCCCCCCCCCCCCCCCCCC. The van der Waals surface area contributed by atoms with Gasteiger partial charge in [-0.3, -0.25) is 4.79 Å². The van der Waals surface area contributed by atoms with Crippen molar-refractivity contribution in [2.75, 3.05) is 13.2 Å². The summed E-state index contributed by atoms with van der Waals surface area (Å²) < 4.78 is 11.2. The van der Waals surface area contributed by atoms with Gasteiger partial charge < -0.3 is 50.5 Å². The van der Waals surface area contributed by atoms with E-state index in [1.807, 2.05) is 0 Å². The van der Waals surface area contributed by atoms with Gasteiger partial charge in [0.15, 0.2) is 6.29 Å². The highest BCUT2D eigenvalue weighted by Gasteiger charge is 2.44. The van der Waals surface area contributed by atoms with Gasteiger partial charge in [-0.25, -0.2) is 0 Å². The lowest BCUT2D eigenvalue weighted by Gasteiger charge is -2.40. The lowest BCUT2D eigenvalue weighted by molar-refractivity contribution is -0.303. The molecule has 0 saturated carbocycles. The number of hydrogen-bond acceptors (Lipinski definition) is 10. The third-order valence-electron chi connectivity index (χ3n) is 17.2. The third kappa shape index (κ3) is 46.5. The second-order valence-corrected chi connectivity index (χ2v) is 25.0. The summed E-state index contributed by atoms with van der Waals surface area (Å²) >= 11 is 0. The fourth-order valence-corrected chi connectivity index (χ4v) is 11.6. The molecule has 1 rings (SSSR count). The smallest absolute Gasteiger partial charge is 0.249 e. The summed E-state index contributed by atoms with van der Waals surface area (Å²) in [5.41, 5.74) is 0. The van der Waals surface area contributed by atoms with E-state index in [2.05, 4.69) is 43.5 Å². The fourth-order valence-electron chi connectivity index (χ4n) is 11.6. The van der Waals surface area contributed by atoms with Crippen molar-refractivity contribution in [2.45, 2.75) is 403 Å². The molecular weight excluding hydrogens is 1010 g/mol. The highest BCUT2D eigenvalue weighted by atomic mass is 16.7. The van der Waals surface area contributed by atoms with Crippen LogP contribution in [0.25, 0.3) is 0 Å². The first-order valence-corrected chi connectivity index (χ1v) is 35.2. The van der Waals surface area contributed by atoms with Gasteiger partial charge in [0.25, 0.3) is 0 Å². The molecule has 0 spiro atoms. The van der Waals surface area contributed by atoms with Crippen molar-refractivity contribution in [3.63, 3.8) is 0 Å². The maximum Gasteiger partial charge on any atom is 0.249 e. The summed E-state index contributed by atoms with van der Waals surface area (Å²) in [6.45, 7) is 3.49. The standard InChI is InChI=1S/C70H135NO10/c1-3-5-7-9-11-13-15-17-19-21-23-25-27-28-29-30-31-32-33-34-36-38-40-42-44-46-48-50-52-54-56-58-63(74)69(79)71-61(60-80-70-68(78)67(77)66(76)64(59-72)81-70)65(75)62(73)57-55-53-51-49-47-45-43-41-39-37-35-26-24-22-20-18-16-14-12-10-8-6-4-2/h41,43,49,51,61-68,70,72-78H,3-40,42,44-48,50,52-60H2,1-2H3,(H,71,79)/b43-41+,51-49+. The van der Waals surface area contributed by atoms with E-state index in [9.17, 15) is 40.5 Å². The van der Waals surface area contributed by atoms with Gasteiger partial charge >= 0.3 is 0 Å². The predicted molar refractivity (Wildman–Crippen MR) is 339 cm³/mol. The van der Waals surface area contributed by atoms with E-state index in [1.165, 1.54) is 263 Å². The van der Waals surface area contributed by atoms with Crippen molar-refractivity contribution in [3.05, 3.63) is 24.3 Å². The van der Waals surface area contributed by atoms with Crippen LogP contribution in [0.3, 0.4) is 0 Å². The number of rotatable bonds is 62. The van der Waals surface area contributed by atoms with Gasteiger partial charge in [0, 0.05) is 0 Å². The van der Waals surface area contributed by atoms with Crippen molar-refractivity contribution in [3.8, 4) is 0 Å². The molecule has 1 amide bonds. The van der Waals surface area contributed by atoms with Crippen molar-refractivity contribution in [1.82, 2.24) is 5.32 Å². The van der Waals surface area contributed by atoms with E-state index < -0.39 is 74.2 Å². The van der Waals surface area contributed by atoms with Gasteiger partial charge in [-0.1, -0.05) is 321 Å². The van der Waals surface area contributed by atoms with E-state index in [0.29, 0.717) is 19.3 Å². The van der Waals surface area contributed by atoms with E-state index in [-0.39, 0.29) is 12.8 Å². The molecule has 0 aromatic carbocycles. The highest BCUT2D eigenvalue weighted by Crippen LogP contribution is 2.24. The molecule has 9 unspecified atom stereocenters. The summed E-state index contributed by atoms with van der Waals surface area (Å²) in [4.78, 5) is 13.2. The zero-order valence-electron chi connectivity index (χ0n) is 53.0. The van der Waals surface area contributed by atoms with Crippen LogP contribution in [0.1, 0.15) is 348 Å². The molecule has 8 N–H and O–H groups in total. The number of aliphatic hydroxyl groups is 7. The first-order valence-electron chi connectivity index (χ1n) is 35.2. The number of allylic oxidation sites excluding steroid dienone is 4. The quantitative estimate of drug-likeness (QED) is 0.0215. The summed E-state index contributed by atoms with van der Waals surface area (Å²) in [6, 6.07) is -1.19. The van der Waals surface area contributed by atoms with Gasteiger partial charge in [0.05, 0.1) is 25.4 Å². The number of amides is 1. The molecule has 0 aromatic rings. The molecule has 1 aliphatic heterocycles. The highest BCUT2D eigenvalue weighted by molar-refractivity contribution is 5.80. The molecule has 0 aromatic heterocycles. The Morgan fingerprint density at radius 2 is 0.741 bits per heavy atom. The van der Waals surface area contributed by atoms with Crippen LogP contribution in [-0.2, 0) is 14.3 Å². The van der Waals surface area contributed by atoms with Crippen LogP contribution in [0.5, 0.6) is 0 Å². The Bertz CT molecular complexity index is 1370. The summed E-state index contributed by atoms with van der Waals surface area (Å²) in [7, 11) is 0. The molecule has 1 heterocycles. The van der Waals surface area contributed by atoms with E-state index >= 15 is 0 Å². The van der Waals surface area contributed by atoms with Gasteiger partial charge in [0.2, 0.25) is 5.91 Å². The van der Waals surface area contributed by atoms with Crippen LogP contribution in [0.4, 0.5) is 0 Å². The molecule has 1 fully saturated rings. The molecule has 0 bridgehead atoms. The number of aliphatic hydroxyl groups excluding tert-OH is 7. The van der Waals surface area contributed by atoms with Crippen LogP contribution in [0.15, 0.2) is 24.3 Å². The molecule has 480 valence electrons. The maximum atomic E-state index is 13.2. The number of hydrogen-bond donors (Lipinski definition) is 8. The first kappa shape index (κ1) is 77.6. The zero-order chi connectivity index (χ0) is 58.9. The van der Waals surface area contributed by atoms with Gasteiger partial charge in [-0.05, 0) is 51.4 Å². The lowest BCUT2D eigenvalue weighted by atomic mass is 9.98. The van der Waals surface area contributed by atoms with Crippen LogP contribution in [0.2, 0.25) is 0 Å². The van der Waals surface area contributed by atoms with Crippen molar-refractivity contribution in [1.29, 1.82) is 0 Å². The topological polar surface area (TPSA) is 189 Å². The second kappa shape index (κ2) is 58.9. The van der Waals surface area contributed by atoms with E-state index in [4.69, 9.17) is 9.47 Å².